The monoisotopic (exact) mass is 388 g/mol. The highest BCUT2D eigenvalue weighted by Gasteiger charge is 2.04. The number of rotatable bonds is 10. The number of benzene rings is 2. The van der Waals surface area contributed by atoms with Gasteiger partial charge < -0.3 is 5.11 Å². The molecule has 4 heteroatoms. The fraction of sp³-hybridized carbons (Fsp3) is 0.320. The van der Waals surface area contributed by atoms with E-state index in [0.717, 1.165) is 49.9 Å². The molecule has 0 saturated carbocycles. The van der Waals surface area contributed by atoms with Crippen LogP contribution in [0.15, 0.2) is 60.9 Å². The summed E-state index contributed by atoms with van der Waals surface area (Å²) in [7, 11) is 0. The minimum Gasteiger partial charge on any atom is -0.481 e. The van der Waals surface area contributed by atoms with Crippen LogP contribution in [0.1, 0.15) is 50.2 Å². The first-order valence-corrected chi connectivity index (χ1v) is 10.4. The molecule has 0 fully saturated rings. The maximum atomic E-state index is 10.5. The van der Waals surface area contributed by atoms with Gasteiger partial charge in [0, 0.05) is 24.4 Å². The normalized spacial score (nSPS) is 10.8. The topological polar surface area (TPSA) is 63.1 Å². The van der Waals surface area contributed by atoms with Gasteiger partial charge in [-0.1, -0.05) is 68.3 Å². The van der Waals surface area contributed by atoms with Crippen molar-refractivity contribution in [2.75, 3.05) is 0 Å². The second-order valence-electron chi connectivity index (χ2n) is 7.39. The summed E-state index contributed by atoms with van der Waals surface area (Å²) in [6.45, 7) is 2.15. The van der Waals surface area contributed by atoms with E-state index in [4.69, 9.17) is 5.11 Å². The third-order valence-corrected chi connectivity index (χ3v) is 5.03. The van der Waals surface area contributed by atoms with Crippen LogP contribution in [0.5, 0.6) is 0 Å². The number of aliphatic carboxylic acids is 1. The Morgan fingerprint density at radius 3 is 1.93 bits per heavy atom. The lowest BCUT2D eigenvalue weighted by molar-refractivity contribution is -0.137. The highest BCUT2D eigenvalue weighted by molar-refractivity contribution is 5.68. The van der Waals surface area contributed by atoms with E-state index >= 15 is 0 Å². The summed E-state index contributed by atoms with van der Waals surface area (Å²) in [6.07, 6.45) is 9.94. The Morgan fingerprint density at radius 2 is 1.34 bits per heavy atom. The predicted molar refractivity (Wildman–Crippen MR) is 117 cm³/mol. The highest BCUT2D eigenvalue weighted by atomic mass is 16.4. The fourth-order valence-electron chi connectivity index (χ4n) is 3.38. The third kappa shape index (κ3) is 6.24. The average molecular weight is 389 g/mol. The van der Waals surface area contributed by atoms with Gasteiger partial charge in [-0.25, -0.2) is 9.97 Å². The van der Waals surface area contributed by atoms with Crippen molar-refractivity contribution in [1.29, 1.82) is 0 Å². The number of unbranched alkanes of at least 4 members (excludes halogenated alkanes) is 2. The molecule has 4 nitrogen and oxygen atoms in total. The number of carbonyl (C=O) groups is 1. The Hall–Kier alpha value is -3.01. The number of aromatic nitrogens is 2. The van der Waals surface area contributed by atoms with Crippen LogP contribution in [0.25, 0.3) is 22.5 Å². The molecule has 3 rings (SSSR count). The maximum Gasteiger partial charge on any atom is 0.303 e. The molecule has 0 unspecified atom stereocenters. The van der Waals surface area contributed by atoms with E-state index in [9.17, 15) is 4.79 Å². The molecule has 0 saturated heterocycles. The van der Waals surface area contributed by atoms with Gasteiger partial charge >= 0.3 is 5.97 Å². The number of aryl methyl sites for hydroxylation is 2. The van der Waals surface area contributed by atoms with E-state index in [0.29, 0.717) is 0 Å². The summed E-state index contributed by atoms with van der Waals surface area (Å²) in [6, 6.07) is 17.0. The van der Waals surface area contributed by atoms with Crippen LogP contribution in [0.2, 0.25) is 0 Å². The number of hydrogen-bond acceptors (Lipinski definition) is 3. The first kappa shape index (κ1) is 20.7. The van der Waals surface area contributed by atoms with E-state index in [2.05, 4.69) is 65.4 Å². The maximum absolute atomic E-state index is 10.5. The zero-order valence-electron chi connectivity index (χ0n) is 17.0. The molecule has 3 aromatic rings. The van der Waals surface area contributed by atoms with Crippen molar-refractivity contribution in [1.82, 2.24) is 9.97 Å². The van der Waals surface area contributed by atoms with E-state index < -0.39 is 5.97 Å². The molecule has 0 aliphatic carbocycles. The molecule has 0 spiro atoms. The van der Waals surface area contributed by atoms with Gasteiger partial charge in [0.25, 0.3) is 0 Å². The van der Waals surface area contributed by atoms with E-state index in [1.54, 1.807) is 0 Å². The van der Waals surface area contributed by atoms with Crippen LogP contribution in [0, 0.1) is 0 Å². The highest BCUT2D eigenvalue weighted by Crippen LogP contribution is 2.24. The minimum absolute atomic E-state index is 0.267. The second kappa shape index (κ2) is 10.5. The van der Waals surface area contributed by atoms with Crippen LogP contribution >= 0.6 is 0 Å². The van der Waals surface area contributed by atoms with Crippen molar-refractivity contribution in [3.8, 4) is 22.5 Å². The zero-order valence-corrected chi connectivity index (χ0v) is 17.0. The van der Waals surface area contributed by atoms with E-state index in [1.165, 1.54) is 22.3 Å². The van der Waals surface area contributed by atoms with Gasteiger partial charge in [-0.05, 0) is 47.9 Å². The molecule has 1 heterocycles. The summed E-state index contributed by atoms with van der Waals surface area (Å²) in [5.41, 5.74) is 5.85. The molecule has 0 aliphatic heterocycles. The summed E-state index contributed by atoms with van der Waals surface area (Å²) >= 11 is 0. The van der Waals surface area contributed by atoms with Crippen LogP contribution in [0.3, 0.4) is 0 Å². The quantitative estimate of drug-likeness (QED) is 0.436. The average Bonchev–Trinajstić information content (AvgIpc) is 2.75. The van der Waals surface area contributed by atoms with Crippen molar-refractivity contribution < 1.29 is 9.90 Å². The van der Waals surface area contributed by atoms with Gasteiger partial charge in [0.2, 0.25) is 0 Å². The lowest BCUT2D eigenvalue weighted by Crippen LogP contribution is -1.94. The van der Waals surface area contributed by atoms with Crippen LogP contribution in [0.4, 0.5) is 0 Å². The molecule has 150 valence electrons. The van der Waals surface area contributed by atoms with Gasteiger partial charge in [-0.2, -0.15) is 0 Å². The Kier molecular flexibility index (Phi) is 7.51. The Balaban J connectivity index is 1.57. The molecule has 0 atom stereocenters. The molecule has 0 bridgehead atoms. The Bertz CT molecular complexity index is 901. The molecule has 29 heavy (non-hydrogen) atoms. The van der Waals surface area contributed by atoms with E-state index in [-0.39, 0.29) is 6.42 Å². The third-order valence-electron chi connectivity index (χ3n) is 5.03. The smallest absolute Gasteiger partial charge is 0.303 e. The summed E-state index contributed by atoms with van der Waals surface area (Å²) < 4.78 is 0. The van der Waals surface area contributed by atoms with Crippen molar-refractivity contribution >= 4 is 5.97 Å². The first-order chi connectivity index (χ1) is 14.2. The Labute approximate surface area is 172 Å². The Morgan fingerprint density at radius 1 is 0.759 bits per heavy atom. The first-order valence-electron chi connectivity index (χ1n) is 10.4. The predicted octanol–water partition coefficient (Wildman–Crippen LogP) is 5.95. The largest absolute Gasteiger partial charge is 0.481 e. The molecule has 2 aromatic carbocycles. The van der Waals surface area contributed by atoms with Gasteiger partial charge in [0.05, 0.1) is 0 Å². The molecule has 0 radical (unpaired) electrons. The lowest BCUT2D eigenvalue weighted by atomic mass is 10.00. The SMILES string of the molecule is CCCc1cnc(-c2ccc(-c3ccc(CCCCCC(=O)O)cc3)cc2)nc1. The van der Waals surface area contributed by atoms with Crippen LogP contribution in [-0.4, -0.2) is 21.0 Å². The summed E-state index contributed by atoms with van der Waals surface area (Å²) in [5, 5.41) is 8.67. The van der Waals surface area contributed by atoms with Crippen LogP contribution < -0.4 is 0 Å². The second-order valence-corrected chi connectivity index (χ2v) is 7.39. The van der Waals surface area contributed by atoms with Crippen molar-refractivity contribution in [3.63, 3.8) is 0 Å². The molecular weight excluding hydrogens is 360 g/mol. The van der Waals surface area contributed by atoms with E-state index in [1.807, 2.05) is 12.4 Å². The summed E-state index contributed by atoms with van der Waals surface area (Å²) in [5.74, 6) is 0.0510. The van der Waals surface area contributed by atoms with Crippen LogP contribution in [-0.2, 0) is 17.6 Å². The fourth-order valence-corrected chi connectivity index (χ4v) is 3.38. The summed E-state index contributed by atoms with van der Waals surface area (Å²) in [4.78, 5) is 19.5. The molecule has 0 amide bonds. The van der Waals surface area contributed by atoms with Crippen molar-refractivity contribution in [2.24, 2.45) is 0 Å². The lowest BCUT2D eigenvalue weighted by Gasteiger charge is -2.06. The standard InChI is InChI=1S/C25H28N2O2/c1-2-6-20-17-26-25(27-18-20)23-15-13-22(14-16-23)21-11-9-19(10-12-21)7-4-3-5-8-24(28)29/h9-18H,2-8H2,1H3,(H,28,29). The minimum atomic E-state index is -0.708. The number of carboxylic acid groups (broad SMARTS) is 1. The van der Waals surface area contributed by atoms with Crippen molar-refractivity contribution in [2.45, 2.75) is 51.9 Å². The molecule has 1 aromatic heterocycles. The van der Waals surface area contributed by atoms with Gasteiger partial charge in [0.15, 0.2) is 5.82 Å². The zero-order chi connectivity index (χ0) is 20.5. The van der Waals surface area contributed by atoms with Crippen molar-refractivity contribution in [3.05, 3.63) is 72.1 Å². The number of hydrogen-bond donors (Lipinski definition) is 1. The number of nitrogens with zero attached hydrogens (tertiary/aromatic N) is 2. The number of carboxylic acids is 1. The molecular formula is C25H28N2O2. The van der Waals surface area contributed by atoms with Gasteiger partial charge in [-0.3, -0.25) is 4.79 Å². The van der Waals surface area contributed by atoms with Gasteiger partial charge in [0.1, 0.15) is 0 Å². The molecule has 0 aliphatic rings. The molecule has 1 N–H and O–H groups in total. The van der Waals surface area contributed by atoms with Gasteiger partial charge in [-0.15, -0.1) is 0 Å².